The quantitative estimate of drug-likeness (QED) is 0.572. The Morgan fingerprint density at radius 2 is 1.73 bits per heavy atom. The minimum Gasteiger partial charge on any atom is -0.481 e. The van der Waals surface area contributed by atoms with Gasteiger partial charge in [-0.05, 0) is 73.5 Å². The summed E-state index contributed by atoms with van der Waals surface area (Å²) in [6.07, 6.45) is -2.17. The molecule has 4 unspecified atom stereocenters. The van der Waals surface area contributed by atoms with E-state index in [1.807, 2.05) is 0 Å². The SMILES string of the molecule is CC(=O)O.CC(=O)O.[2H]C1NC([2H])C([2H])C(=C2c3ccc(Cl)cc3C([2H])([2H])Cc3cccnc32)C1[2H]. The maximum atomic E-state index is 9.00. The highest BCUT2D eigenvalue weighted by Crippen LogP contribution is 2.37. The minimum absolute atomic E-state index is 0.0818. The number of hydrogen-bond acceptors (Lipinski definition) is 4. The summed E-state index contributed by atoms with van der Waals surface area (Å²) in [6, 6.07) is 8.46. The second-order valence-electron chi connectivity index (χ2n) is 6.26. The van der Waals surface area contributed by atoms with Crippen molar-refractivity contribution in [3.05, 3.63) is 69.5 Å². The summed E-state index contributed by atoms with van der Waals surface area (Å²) in [6.45, 7) is 0.0732. The molecule has 160 valence electrons. The fraction of sp³-hybridized carbons (Fsp3) is 0.348. The number of carboxylic acid groups (broad SMARTS) is 2. The molecule has 7 heteroatoms. The van der Waals surface area contributed by atoms with E-state index < -0.39 is 44.1 Å². The number of piperidine rings is 1. The van der Waals surface area contributed by atoms with Gasteiger partial charge in [-0.3, -0.25) is 14.6 Å². The Hall–Kier alpha value is -2.70. The van der Waals surface area contributed by atoms with E-state index >= 15 is 0 Å². The van der Waals surface area contributed by atoms with Crippen molar-refractivity contribution >= 4 is 29.1 Å². The van der Waals surface area contributed by atoms with Crippen LogP contribution in [0.2, 0.25) is 5.02 Å². The lowest BCUT2D eigenvalue weighted by Gasteiger charge is -2.21. The van der Waals surface area contributed by atoms with Crippen molar-refractivity contribution in [1.29, 1.82) is 0 Å². The number of aliphatic carboxylic acids is 2. The van der Waals surface area contributed by atoms with E-state index in [0.29, 0.717) is 38.6 Å². The molecule has 1 saturated heterocycles. The zero-order valence-corrected chi connectivity index (χ0v) is 17.3. The number of aromatic nitrogens is 1. The third kappa shape index (κ3) is 6.97. The van der Waals surface area contributed by atoms with Crippen LogP contribution in [0, 0.1) is 0 Å². The van der Waals surface area contributed by atoms with Crippen LogP contribution in [0.25, 0.3) is 5.57 Å². The Morgan fingerprint density at radius 3 is 2.37 bits per heavy atom. The third-order valence-corrected chi connectivity index (χ3v) is 4.09. The van der Waals surface area contributed by atoms with Crippen molar-refractivity contribution in [1.82, 2.24) is 10.3 Å². The Kier molecular flexibility index (Phi) is 6.14. The van der Waals surface area contributed by atoms with Crippen LogP contribution in [0.5, 0.6) is 0 Å². The van der Waals surface area contributed by atoms with Gasteiger partial charge in [-0.25, -0.2) is 0 Å². The summed E-state index contributed by atoms with van der Waals surface area (Å²) in [4.78, 5) is 22.5. The highest BCUT2D eigenvalue weighted by atomic mass is 35.5. The molecule has 2 aromatic rings. The van der Waals surface area contributed by atoms with Crippen LogP contribution in [0.4, 0.5) is 0 Å². The van der Waals surface area contributed by atoms with Gasteiger partial charge in [0, 0.05) is 38.9 Å². The van der Waals surface area contributed by atoms with Crippen LogP contribution in [0.1, 0.15) is 57.3 Å². The van der Waals surface area contributed by atoms with E-state index in [2.05, 4.69) is 10.3 Å². The molecule has 0 bridgehead atoms. The number of pyridine rings is 1. The van der Waals surface area contributed by atoms with Gasteiger partial charge in [0.25, 0.3) is 11.9 Å². The predicted octanol–water partition coefficient (Wildman–Crippen LogP) is 4.20. The summed E-state index contributed by atoms with van der Waals surface area (Å²) in [5, 5.41) is 17.9. The van der Waals surface area contributed by atoms with Gasteiger partial charge in [0.2, 0.25) is 0 Å². The predicted molar refractivity (Wildman–Crippen MR) is 118 cm³/mol. The molecular formula is C23H27ClN2O4. The first-order chi connectivity index (χ1) is 16.7. The Bertz CT molecular complexity index is 1130. The molecule has 0 amide bonds. The maximum absolute atomic E-state index is 9.00. The number of carbonyl (C=O) groups is 2. The second kappa shape index (κ2) is 11.5. The first-order valence-corrected chi connectivity index (χ1v) is 9.38. The number of nitrogens with one attached hydrogen (secondary N) is 1. The van der Waals surface area contributed by atoms with E-state index in [4.69, 9.17) is 39.6 Å². The Morgan fingerprint density at radius 1 is 1.10 bits per heavy atom. The van der Waals surface area contributed by atoms with Gasteiger partial charge in [-0.2, -0.15) is 0 Å². The molecule has 0 radical (unpaired) electrons. The van der Waals surface area contributed by atoms with Gasteiger partial charge < -0.3 is 15.5 Å². The molecule has 1 aliphatic carbocycles. The first-order valence-electron chi connectivity index (χ1n) is 12.3. The average Bonchev–Trinajstić information content (AvgIpc) is 2.84. The molecule has 1 aliphatic heterocycles. The minimum atomic E-state index is -1.72. The monoisotopic (exact) mass is 436 g/mol. The number of nitrogens with zero attached hydrogens (tertiary/aromatic N) is 1. The van der Waals surface area contributed by atoms with Crippen LogP contribution >= 0.6 is 11.6 Å². The molecular weight excluding hydrogens is 404 g/mol. The molecule has 2 aliphatic rings. The fourth-order valence-corrected chi connectivity index (χ4v) is 3.02. The number of fused-ring (bicyclic) bond motifs is 2. The second-order valence-corrected chi connectivity index (χ2v) is 6.69. The fourth-order valence-electron chi connectivity index (χ4n) is 2.85. The molecule has 0 saturated carbocycles. The molecule has 1 fully saturated rings. The molecule has 4 atom stereocenters. The lowest BCUT2D eigenvalue weighted by molar-refractivity contribution is -0.135. The molecule has 4 rings (SSSR count). The van der Waals surface area contributed by atoms with Crippen molar-refractivity contribution in [2.75, 3.05) is 13.0 Å². The molecule has 0 spiro atoms. The van der Waals surface area contributed by atoms with Crippen molar-refractivity contribution in [3.63, 3.8) is 0 Å². The van der Waals surface area contributed by atoms with Gasteiger partial charge in [0.1, 0.15) is 0 Å². The zero-order chi connectivity index (χ0) is 27.4. The topological polar surface area (TPSA) is 99.5 Å². The zero-order valence-electron chi connectivity index (χ0n) is 22.5. The number of aryl methyl sites for hydroxylation is 2. The summed E-state index contributed by atoms with van der Waals surface area (Å²) in [5.74, 6) is -1.67. The highest BCUT2D eigenvalue weighted by molar-refractivity contribution is 6.30. The van der Waals surface area contributed by atoms with Gasteiger partial charge in [-0.15, -0.1) is 0 Å². The highest BCUT2D eigenvalue weighted by Gasteiger charge is 2.23. The van der Waals surface area contributed by atoms with E-state index in [-0.39, 0.29) is 6.42 Å². The van der Waals surface area contributed by atoms with Crippen molar-refractivity contribution in [3.8, 4) is 0 Å². The summed E-state index contributed by atoms with van der Waals surface area (Å²) < 4.78 is 50.6. The van der Waals surface area contributed by atoms with Crippen LogP contribution in [-0.2, 0) is 22.4 Å². The molecule has 30 heavy (non-hydrogen) atoms. The van der Waals surface area contributed by atoms with Gasteiger partial charge >= 0.3 is 0 Å². The lowest BCUT2D eigenvalue weighted by Crippen LogP contribution is -2.24. The third-order valence-electron chi connectivity index (χ3n) is 3.86. The molecule has 1 aromatic carbocycles. The molecule has 2 heterocycles. The molecule has 6 nitrogen and oxygen atoms in total. The Labute approximate surface area is 190 Å². The van der Waals surface area contributed by atoms with Gasteiger partial charge in [0.05, 0.1) is 5.69 Å². The Balaban J connectivity index is 0.000000501. The number of hydrogen-bond donors (Lipinski definition) is 3. The van der Waals surface area contributed by atoms with Crippen LogP contribution in [-0.4, -0.2) is 40.2 Å². The van der Waals surface area contributed by atoms with Crippen molar-refractivity contribution < 1.29 is 28.0 Å². The standard InChI is InChI=1S/C19H19ClN2.2C2H4O2/c20-16-5-6-17-15(12-16)4-3-14-2-1-9-22-19(14)18(17)13-7-10-21-11-8-13;2*1-2(3)4/h1-2,5-6,9,12,21H,3-4,7-8,10-11H2;2*1H3,(H,3,4)/i4D2,7D,8D,10D,11D;;. The number of rotatable bonds is 0. The van der Waals surface area contributed by atoms with Crippen LogP contribution in [0.15, 0.2) is 42.1 Å². The number of carboxylic acids is 2. The van der Waals surface area contributed by atoms with Crippen molar-refractivity contribution in [2.24, 2.45) is 0 Å². The summed E-state index contributed by atoms with van der Waals surface area (Å²) in [7, 11) is 0. The van der Waals surface area contributed by atoms with E-state index in [0.717, 1.165) is 13.8 Å². The lowest BCUT2D eigenvalue weighted by atomic mass is 9.89. The number of halogens is 1. The molecule has 3 N–H and O–H groups in total. The molecule has 1 aromatic heterocycles. The average molecular weight is 437 g/mol. The summed E-state index contributed by atoms with van der Waals surface area (Å²) in [5.41, 5.74) is 2.89. The van der Waals surface area contributed by atoms with E-state index in [1.165, 1.54) is 0 Å². The maximum Gasteiger partial charge on any atom is 0.300 e. The van der Waals surface area contributed by atoms with E-state index in [9.17, 15) is 0 Å². The smallest absolute Gasteiger partial charge is 0.300 e. The first kappa shape index (κ1) is 16.1. The largest absolute Gasteiger partial charge is 0.481 e. The van der Waals surface area contributed by atoms with Crippen LogP contribution < -0.4 is 5.32 Å². The van der Waals surface area contributed by atoms with Gasteiger partial charge in [0.15, 0.2) is 0 Å². The van der Waals surface area contributed by atoms with Crippen molar-refractivity contribution in [2.45, 2.75) is 39.4 Å². The summed E-state index contributed by atoms with van der Waals surface area (Å²) >= 11 is 6.16. The van der Waals surface area contributed by atoms with Gasteiger partial charge in [-0.1, -0.05) is 29.3 Å². The normalized spacial score (nSPS) is 29.0. The van der Waals surface area contributed by atoms with E-state index in [1.54, 1.807) is 36.5 Å². The number of benzene rings is 1. The van der Waals surface area contributed by atoms with Crippen LogP contribution in [0.3, 0.4) is 0 Å².